The Bertz CT molecular complexity index is 1980. The van der Waals surface area contributed by atoms with Gasteiger partial charge in [0.15, 0.2) is 5.78 Å². The van der Waals surface area contributed by atoms with Crippen molar-refractivity contribution in [3.8, 4) is 11.3 Å². The van der Waals surface area contributed by atoms with Crippen LogP contribution < -0.4 is 4.90 Å². The summed E-state index contributed by atoms with van der Waals surface area (Å²) in [4.78, 5) is 19.0. The molecule has 0 fully saturated rings. The van der Waals surface area contributed by atoms with E-state index >= 15 is 0 Å². The summed E-state index contributed by atoms with van der Waals surface area (Å²) >= 11 is 0. The van der Waals surface area contributed by atoms with Crippen LogP contribution in [0.4, 0.5) is 17.1 Å². The van der Waals surface area contributed by atoms with Gasteiger partial charge in [-0.1, -0.05) is 107 Å². The number of hydrogen-bond donors (Lipinski definition) is 1. The summed E-state index contributed by atoms with van der Waals surface area (Å²) in [5, 5.41) is 14.6. The Morgan fingerprint density at radius 2 is 1.54 bits per heavy atom. The third-order valence-electron chi connectivity index (χ3n) is 9.78. The fourth-order valence-electron chi connectivity index (χ4n) is 7.24. The van der Waals surface area contributed by atoms with E-state index in [1.54, 1.807) is 0 Å². The van der Waals surface area contributed by atoms with Crippen LogP contribution in [0.2, 0.25) is 0 Å². The van der Waals surface area contributed by atoms with Crippen molar-refractivity contribution in [2.75, 3.05) is 4.90 Å². The minimum Gasteiger partial charge on any atom is -0.512 e. The molecule has 0 saturated carbocycles. The molecule has 4 aromatic carbocycles. The van der Waals surface area contributed by atoms with Gasteiger partial charge in [-0.3, -0.25) is 9.78 Å². The number of carbonyl (C=O) groups is 1. The fourth-order valence-corrected chi connectivity index (χ4v) is 7.24. The van der Waals surface area contributed by atoms with Crippen LogP contribution in [0.3, 0.4) is 0 Å². The van der Waals surface area contributed by atoms with E-state index in [1.165, 1.54) is 44.6 Å². The first-order valence-corrected chi connectivity index (χ1v) is 18.1. The van der Waals surface area contributed by atoms with Crippen molar-refractivity contribution in [1.29, 1.82) is 0 Å². The minimum atomic E-state index is 0. The maximum absolute atomic E-state index is 11.7. The van der Waals surface area contributed by atoms with Crippen molar-refractivity contribution in [1.82, 2.24) is 4.98 Å². The molecule has 6 rings (SSSR count). The number of ketones is 1. The number of para-hydroxylation sites is 1. The number of fused-ring (bicyclic) bond motifs is 3. The number of pyridine rings is 1. The number of aromatic nitrogens is 1. The van der Waals surface area contributed by atoms with Crippen molar-refractivity contribution < 1.29 is 30.0 Å². The van der Waals surface area contributed by atoms with Gasteiger partial charge < -0.3 is 10.0 Å². The molecular formula is C45H53IrN2O2-. The Labute approximate surface area is 313 Å². The fraction of sp³-hybridized carbons (Fsp3) is 0.378. The van der Waals surface area contributed by atoms with Gasteiger partial charge in [-0.15, -0.1) is 17.5 Å². The topological polar surface area (TPSA) is 53.4 Å². The number of aliphatic hydroxyl groups excluding tert-OH is 1. The molecule has 1 N–H and O–H groups in total. The van der Waals surface area contributed by atoms with Gasteiger partial charge in [0.25, 0.3) is 0 Å². The summed E-state index contributed by atoms with van der Waals surface area (Å²) in [5.41, 5.74) is 9.71. The average molecular weight is 846 g/mol. The molecule has 2 heterocycles. The number of anilines is 3. The quantitative estimate of drug-likeness (QED) is 0.0895. The van der Waals surface area contributed by atoms with Crippen molar-refractivity contribution in [2.45, 2.75) is 94.4 Å². The van der Waals surface area contributed by atoms with Crippen molar-refractivity contribution in [2.24, 2.45) is 17.3 Å². The summed E-state index contributed by atoms with van der Waals surface area (Å²) in [6.45, 7) is 19.3. The number of nitrogens with zero attached hydrogens (tertiary/aromatic N) is 2. The maximum atomic E-state index is 11.7. The Morgan fingerprint density at radius 3 is 2.16 bits per heavy atom. The molecule has 4 nitrogen and oxygen atoms in total. The normalized spacial score (nSPS) is 12.5. The van der Waals surface area contributed by atoms with Crippen molar-refractivity contribution >= 4 is 44.4 Å². The molecule has 0 saturated heterocycles. The summed E-state index contributed by atoms with van der Waals surface area (Å²) in [5.74, 6) is 0.547. The van der Waals surface area contributed by atoms with Crippen LogP contribution in [0.5, 0.6) is 0 Å². The molecule has 0 amide bonds. The molecule has 5 aromatic rings. The third kappa shape index (κ3) is 8.39. The Hall–Kier alpha value is -3.79. The number of benzene rings is 4. The van der Waals surface area contributed by atoms with Gasteiger partial charge in [-0.2, -0.15) is 0 Å². The minimum absolute atomic E-state index is 0. The first-order chi connectivity index (χ1) is 23.4. The second-order valence-electron chi connectivity index (χ2n) is 14.9. The third-order valence-corrected chi connectivity index (χ3v) is 9.78. The van der Waals surface area contributed by atoms with Gasteiger partial charge >= 0.3 is 0 Å². The summed E-state index contributed by atoms with van der Waals surface area (Å²) < 4.78 is 0. The molecular weight excluding hydrogens is 793 g/mol. The molecule has 1 aromatic heterocycles. The molecule has 265 valence electrons. The molecule has 0 bridgehead atoms. The number of rotatable bonds is 9. The molecule has 1 aliphatic rings. The van der Waals surface area contributed by atoms with Crippen LogP contribution in [0.1, 0.15) is 90.8 Å². The Morgan fingerprint density at radius 1 is 0.880 bits per heavy atom. The van der Waals surface area contributed by atoms with Gasteiger partial charge in [0, 0.05) is 61.3 Å². The van der Waals surface area contributed by atoms with Crippen LogP contribution in [-0.4, -0.2) is 15.9 Å². The van der Waals surface area contributed by atoms with Crippen LogP contribution in [0, 0.1) is 37.2 Å². The zero-order valence-electron chi connectivity index (χ0n) is 31.3. The number of aliphatic hydroxyl groups is 1. The van der Waals surface area contributed by atoms with Crippen LogP contribution in [0.25, 0.3) is 32.8 Å². The van der Waals surface area contributed by atoms with Gasteiger partial charge in [-0.05, 0) is 97.7 Å². The van der Waals surface area contributed by atoms with Gasteiger partial charge in [-0.25, -0.2) is 0 Å². The maximum Gasteiger partial charge on any atom is 0.162 e. The van der Waals surface area contributed by atoms with E-state index in [1.807, 2.05) is 33.9 Å². The SMILES string of the molecule is CCC(CC)C(=O)/C=C(\O)C(CC)CC.Cc1cc(C)c2cc3c([c-]c2c1)-c1nccc2cc(CC(C)(C)C)cc(c12)N3c1ccccc1.[Ir]. The molecule has 0 atom stereocenters. The first-order valence-electron chi connectivity index (χ1n) is 18.1. The van der Waals surface area contributed by atoms with Gasteiger partial charge in [0.2, 0.25) is 0 Å². The van der Waals surface area contributed by atoms with Crippen molar-refractivity contribution in [3.63, 3.8) is 0 Å². The van der Waals surface area contributed by atoms with E-state index in [0.29, 0.717) is 0 Å². The zero-order valence-corrected chi connectivity index (χ0v) is 33.7. The van der Waals surface area contributed by atoms with E-state index in [-0.39, 0.29) is 48.9 Å². The Kier molecular flexibility index (Phi) is 12.9. The van der Waals surface area contributed by atoms with E-state index in [4.69, 9.17) is 4.98 Å². The van der Waals surface area contributed by atoms with E-state index in [0.717, 1.165) is 60.1 Å². The number of allylic oxidation sites excluding steroid dienone is 2. The summed E-state index contributed by atoms with van der Waals surface area (Å²) in [6, 6.07) is 28.2. The average Bonchev–Trinajstić information content (AvgIpc) is 3.05. The number of hydrogen-bond acceptors (Lipinski definition) is 4. The molecule has 50 heavy (non-hydrogen) atoms. The molecule has 0 aliphatic carbocycles. The van der Waals surface area contributed by atoms with E-state index in [9.17, 15) is 9.90 Å². The van der Waals surface area contributed by atoms with Crippen molar-refractivity contribution in [3.05, 3.63) is 108 Å². The number of carbonyl (C=O) groups excluding carboxylic acids is 1. The second-order valence-corrected chi connectivity index (χ2v) is 14.9. The summed E-state index contributed by atoms with van der Waals surface area (Å²) in [7, 11) is 0. The predicted molar refractivity (Wildman–Crippen MR) is 208 cm³/mol. The smallest absolute Gasteiger partial charge is 0.162 e. The zero-order chi connectivity index (χ0) is 35.5. The van der Waals surface area contributed by atoms with Gasteiger partial charge in [0.1, 0.15) is 0 Å². The largest absolute Gasteiger partial charge is 0.512 e. The van der Waals surface area contributed by atoms with E-state index in [2.05, 4.69) is 112 Å². The van der Waals surface area contributed by atoms with Crippen LogP contribution in [-0.2, 0) is 31.3 Å². The van der Waals surface area contributed by atoms with Gasteiger partial charge in [0.05, 0.1) is 5.76 Å². The Balaban J connectivity index is 0.000000301. The standard InChI is InChI=1S/C32H29N2.C13H24O2.Ir/c1-20-13-21(2)26-18-28-27(17-24(26)14-20)31-30-23(11-12-33-31)15-22(19-32(3,4)5)16-29(30)34(28)25-9-7-6-8-10-25;1-5-10(6-2)12(14)9-13(15)11(7-3)8-4;/h6-16,18H,19H2,1-5H3;9-11,14H,5-8H2,1-4H3;/q-1;;/b;12-9-;. The molecule has 0 spiro atoms. The number of aryl methyl sites for hydroxylation is 2. The molecule has 5 heteroatoms. The first kappa shape index (κ1) is 39.0. The van der Waals surface area contributed by atoms with Crippen LogP contribution in [0.15, 0.2) is 84.8 Å². The molecule has 1 aliphatic heterocycles. The monoisotopic (exact) mass is 846 g/mol. The van der Waals surface area contributed by atoms with Crippen LogP contribution >= 0.6 is 0 Å². The predicted octanol–water partition coefficient (Wildman–Crippen LogP) is 12.7. The molecule has 1 radical (unpaired) electrons. The summed E-state index contributed by atoms with van der Waals surface area (Å²) in [6.07, 6.45) is 7.87. The molecule has 0 unspecified atom stereocenters. The van der Waals surface area contributed by atoms with E-state index < -0.39 is 0 Å². The second kappa shape index (κ2) is 16.5.